The summed E-state index contributed by atoms with van der Waals surface area (Å²) in [4.78, 5) is 11.8. The molecular weight excluding hydrogens is 236 g/mol. The zero-order valence-electron chi connectivity index (χ0n) is 12.9. The van der Waals surface area contributed by atoms with Crippen molar-refractivity contribution in [3.05, 3.63) is 34.4 Å². The molecule has 1 aromatic carbocycles. The molecule has 19 heavy (non-hydrogen) atoms. The third-order valence-electron chi connectivity index (χ3n) is 3.38. The fraction of sp³-hybridized carbons (Fsp3) is 0.562. The lowest BCUT2D eigenvalue weighted by molar-refractivity contribution is -0.123. The Balaban J connectivity index is 2.62. The fourth-order valence-corrected chi connectivity index (χ4v) is 1.98. The Morgan fingerprint density at radius 1 is 1.05 bits per heavy atom. The van der Waals surface area contributed by atoms with Gasteiger partial charge in [-0.3, -0.25) is 4.79 Å². The number of aryl methyl sites for hydroxylation is 3. The van der Waals surface area contributed by atoms with Crippen LogP contribution in [0.15, 0.2) is 12.1 Å². The molecule has 1 aromatic rings. The topological polar surface area (TPSA) is 41.1 Å². The predicted molar refractivity (Wildman–Crippen MR) is 80.2 cm³/mol. The molecule has 0 radical (unpaired) electrons. The van der Waals surface area contributed by atoms with Gasteiger partial charge in [0.05, 0.1) is 6.04 Å². The summed E-state index contributed by atoms with van der Waals surface area (Å²) in [5.74, 6) is 0.0523. The third kappa shape index (κ3) is 4.67. The van der Waals surface area contributed by atoms with Gasteiger partial charge in [-0.15, -0.1) is 0 Å². The molecule has 0 aliphatic heterocycles. The van der Waals surface area contributed by atoms with Gasteiger partial charge in [-0.1, -0.05) is 12.1 Å². The molecule has 0 saturated carbocycles. The van der Waals surface area contributed by atoms with Crippen LogP contribution < -0.4 is 10.6 Å². The van der Waals surface area contributed by atoms with Crippen molar-refractivity contribution in [3.8, 4) is 0 Å². The second-order valence-electron chi connectivity index (χ2n) is 5.63. The minimum atomic E-state index is -0.177. The van der Waals surface area contributed by atoms with E-state index in [1.165, 1.54) is 22.3 Å². The Bertz CT molecular complexity index is 452. The molecule has 1 rings (SSSR count). The summed E-state index contributed by atoms with van der Waals surface area (Å²) in [5.41, 5.74) is 5.13. The van der Waals surface area contributed by atoms with Crippen LogP contribution in [0.2, 0.25) is 0 Å². The van der Waals surface area contributed by atoms with Crippen molar-refractivity contribution in [2.24, 2.45) is 0 Å². The Morgan fingerprint density at radius 2 is 1.63 bits per heavy atom. The maximum absolute atomic E-state index is 11.8. The van der Waals surface area contributed by atoms with E-state index in [2.05, 4.69) is 43.5 Å². The first-order valence-corrected chi connectivity index (χ1v) is 6.91. The molecule has 1 amide bonds. The Morgan fingerprint density at radius 3 is 2.21 bits per heavy atom. The van der Waals surface area contributed by atoms with E-state index in [4.69, 9.17) is 0 Å². The van der Waals surface area contributed by atoms with Crippen molar-refractivity contribution < 1.29 is 4.79 Å². The summed E-state index contributed by atoms with van der Waals surface area (Å²) in [6.45, 7) is 12.9. The quantitative estimate of drug-likeness (QED) is 0.856. The maximum Gasteiger partial charge on any atom is 0.237 e. The standard InChI is InChI=1S/C16H26N2O/c1-10(2)18-16(19)14(6)17-9-15-8-12(4)11(3)7-13(15)5/h7-8,10,14,17H,9H2,1-6H3,(H,18,19). The highest BCUT2D eigenvalue weighted by Crippen LogP contribution is 2.15. The second-order valence-corrected chi connectivity index (χ2v) is 5.63. The zero-order chi connectivity index (χ0) is 14.6. The van der Waals surface area contributed by atoms with Gasteiger partial charge in [-0.25, -0.2) is 0 Å². The van der Waals surface area contributed by atoms with E-state index >= 15 is 0 Å². The normalized spacial score (nSPS) is 12.6. The van der Waals surface area contributed by atoms with Crippen LogP contribution in [0, 0.1) is 20.8 Å². The highest BCUT2D eigenvalue weighted by atomic mass is 16.2. The smallest absolute Gasteiger partial charge is 0.237 e. The molecule has 0 aromatic heterocycles. The lowest BCUT2D eigenvalue weighted by Crippen LogP contribution is -2.44. The van der Waals surface area contributed by atoms with Crippen LogP contribution in [0.3, 0.4) is 0 Å². The van der Waals surface area contributed by atoms with Crippen LogP contribution in [0.4, 0.5) is 0 Å². The van der Waals surface area contributed by atoms with Crippen molar-refractivity contribution in [2.75, 3.05) is 0 Å². The van der Waals surface area contributed by atoms with Crippen molar-refractivity contribution in [2.45, 2.75) is 60.2 Å². The van der Waals surface area contributed by atoms with Gasteiger partial charge in [0.1, 0.15) is 0 Å². The number of carbonyl (C=O) groups excluding carboxylic acids is 1. The van der Waals surface area contributed by atoms with E-state index in [1.54, 1.807) is 0 Å². The molecule has 0 aliphatic rings. The Hall–Kier alpha value is -1.35. The Kier molecular flexibility index (Phi) is 5.55. The SMILES string of the molecule is Cc1cc(C)c(CNC(C)C(=O)NC(C)C)cc1C. The molecule has 1 unspecified atom stereocenters. The largest absolute Gasteiger partial charge is 0.353 e. The van der Waals surface area contributed by atoms with E-state index < -0.39 is 0 Å². The van der Waals surface area contributed by atoms with Crippen LogP contribution in [0.25, 0.3) is 0 Å². The first-order valence-electron chi connectivity index (χ1n) is 6.91. The second kappa shape index (κ2) is 6.71. The summed E-state index contributed by atoms with van der Waals surface area (Å²) >= 11 is 0. The van der Waals surface area contributed by atoms with Gasteiger partial charge < -0.3 is 10.6 Å². The molecule has 0 heterocycles. The van der Waals surface area contributed by atoms with Crippen LogP contribution in [0.1, 0.15) is 43.0 Å². The first kappa shape index (κ1) is 15.7. The molecule has 0 fully saturated rings. The summed E-state index contributed by atoms with van der Waals surface area (Å²) in [6.07, 6.45) is 0. The van der Waals surface area contributed by atoms with Crippen LogP contribution >= 0.6 is 0 Å². The number of nitrogens with one attached hydrogen (secondary N) is 2. The summed E-state index contributed by atoms with van der Waals surface area (Å²) in [7, 11) is 0. The van der Waals surface area contributed by atoms with E-state index in [9.17, 15) is 4.79 Å². The molecule has 106 valence electrons. The number of hydrogen-bond donors (Lipinski definition) is 2. The van der Waals surface area contributed by atoms with E-state index in [1.807, 2.05) is 20.8 Å². The summed E-state index contributed by atoms with van der Waals surface area (Å²) < 4.78 is 0. The fourth-order valence-electron chi connectivity index (χ4n) is 1.98. The van der Waals surface area contributed by atoms with Crippen molar-refractivity contribution >= 4 is 5.91 Å². The molecule has 2 N–H and O–H groups in total. The average molecular weight is 262 g/mol. The number of amides is 1. The van der Waals surface area contributed by atoms with Crippen LogP contribution in [-0.4, -0.2) is 18.0 Å². The lowest BCUT2D eigenvalue weighted by atomic mass is 10.0. The zero-order valence-corrected chi connectivity index (χ0v) is 12.9. The minimum absolute atomic E-state index is 0.0523. The number of benzene rings is 1. The van der Waals surface area contributed by atoms with Crippen molar-refractivity contribution in [3.63, 3.8) is 0 Å². The van der Waals surface area contributed by atoms with E-state index in [0.717, 1.165) is 6.54 Å². The summed E-state index contributed by atoms with van der Waals surface area (Å²) in [6, 6.07) is 4.40. The molecule has 0 saturated heterocycles. The molecule has 0 spiro atoms. The molecule has 3 nitrogen and oxygen atoms in total. The molecular formula is C16H26N2O. The van der Waals surface area contributed by atoms with Gasteiger partial charge >= 0.3 is 0 Å². The van der Waals surface area contributed by atoms with Crippen LogP contribution in [-0.2, 0) is 11.3 Å². The Labute approximate surface area is 116 Å². The van der Waals surface area contributed by atoms with Gasteiger partial charge in [0.25, 0.3) is 0 Å². The highest BCUT2D eigenvalue weighted by Gasteiger charge is 2.13. The highest BCUT2D eigenvalue weighted by molar-refractivity contribution is 5.81. The molecule has 0 aliphatic carbocycles. The van der Waals surface area contributed by atoms with Crippen LogP contribution in [0.5, 0.6) is 0 Å². The maximum atomic E-state index is 11.8. The van der Waals surface area contributed by atoms with E-state index in [0.29, 0.717) is 0 Å². The van der Waals surface area contributed by atoms with Crippen molar-refractivity contribution in [1.29, 1.82) is 0 Å². The van der Waals surface area contributed by atoms with Crippen molar-refractivity contribution in [1.82, 2.24) is 10.6 Å². The lowest BCUT2D eigenvalue weighted by Gasteiger charge is -2.17. The third-order valence-corrected chi connectivity index (χ3v) is 3.38. The van der Waals surface area contributed by atoms with Gasteiger partial charge in [-0.2, -0.15) is 0 Å². The molecule has 3 heteroatoms. The first-order chi connectivity index (χ1) is 8.81. The number of rotatable bonds is 5. The van der Waals surface area contributed by atoms with Gasteiger partial charge in [-0.05, 0) is 63.8 Å². The summed E-state index contributed by atoms with van der Waals surface area (Å²) in [5, 5.41) is 6.19. The predicted octanol–water partition coefficient (Wildman–Crippen LogP) is 2.61. The number of carbonyl (C=O) groups is 1. The van der Waals surface area contributed by atoms with E-state index in [-0.39, 0.29) is 18.0 Å². The average Bonchev–Trinajstić information content (AvgIpc) is 2.30. The number of hydrogen-bond acceptors (Lipinski definition) is 2. The van der Waals surface area contributed by atoms with Gasteiger partial charge in [0, 0.05) is 12.6 Å². The monoisotopic (exact) mass is 262 g/mol. The van der Waals surface area contributed by atoms with Gasteiger partial charge in [0.15, 0.2) is 0 Å². The minimum Gasteiger partial charge on any atom is -0.353 e. The van der Waals surface area contributed by atoms with Gasteiger partial charge in [0.2, 0.25) is 5.91 Å². The molecule has 0 bridgehead atoms. The molecule has 1 atom stereocenters.